The van der Waals surface area contributed by atoms with Crippen LogP contribution >= 0.6 is 0 Å². The number of H-pyrrole nitrogens is 1. The lowest BCUT2D eigenvalue weighted by Crippen LogP contribution is -2.31. The maximum Gasteiger partial charge on any atom is 0.128 e. The topological polar surface area (TPSA) is 54.0 Å². The van der Waals surface area contributed by atoms with Gasteiger partial charge in [0, 0.05) is 67.0 Å². The van der Waals surface area contributed by atoms with Crippen LogP contribution in [0.3, 0.4) is 0 Å². The first-order valence-corrected chi connectivity index (χ1v) is 11.1. The standard InChI is InChI=1S/C26H28N4O/c1-2-6-26-28-15-21-17-30(12-11-24(21)29-26)16-20-14-27-25-10-9-22(13-23(20)25)31-18-19-7-4-3-5-8-19/h3-5,7-10,13-15,27H,2,6,11-12,16-18H2,1H3. The number of aromatic nitrogens is 3. The lowest BCUT2D eigenvalue weighted by atomic mass is 10.1. The molecule has 0 atom stereocenters. The molecule has 0 radical (unpaired) electrons. The Morgan fingerprint density at radius 2 is 2.03 bits per heavy atom. The number of ether oxygens (including phenoxy) is 1. The quantitative estimate of drug-likeness (QED) is 0.462. The molecular weight excluding hydrogens is 384 g/mol. The molecule has 0 bridgehead atoms. The summed E-state index contributed by atoms with van der Waals surface area (Å²) in [5.41, 5.74) is 6.11. The summed E-state index contributed by atoms with van der Waals surface area (Å²) < 4.78 is 6.05. The van der Waals surface area contributed by atoms with Gasteiger partial charge in [0.1, 0.15) is 18.2 Å². The molecule has 1 aliphatic rings. The Kier molecular flexibility index (Phi) is 5.67. The second kappa shape index (κ2) is 8.90. The van der Waals surface area contributed by atoms with Gasteiger partial charge in [0.2, 0.25) is 0 Å². The highest BCUT2D eigenvalue weighted by molar-refractivity contribution is 5.84. The van der Waals surface area contributed by atoms with E-state index in [9.17, 15) is 0 Å². The number of nitrogens with one attached hydrogen (secondary N) is 1. The van der Waals surface area contributed by atoms with Gasteiger partial charge in [0.15, 0.2) is 0 Å². The first kappa shape index (κ1) is 19.8. The van der Waals surface area contributed by atoms with E-state index >= 15 is 0 Å². The average molecular weight is 413 g/mol. The molecule has 2 aromatic carbocycles. The van der Waals surface area contributed by atoms with Crippen molar-refractivity contribution in [1.29, 1.82) is 0 Å². The van der Waals surface area contributed by atoms with Gasteiger partial charge in [-0.1, -0.05) is 37.3 Å². The van der Waals surface area contributed by atoms with Crippen molar-refractivity contribution < 1.29 is 4.74 Å². The molecule has 0 saturated heterocycles. The first-order valence-electron chi connectivity index (χ1n) is 11.1. The summed E-state index contributed by atoms with van der Waals surface area (Å²) in [7, 11) is 0. The van der Waals surface area contributed by atoms with Crippen LogP contribution in [0.25, 0.3) is 10.9 Å². The van der Waals surface area contributed by atoms with Crippen LogP contribution in [-0.4, -0.2) is 26.4 Å². The van der Waals surface area contributed by atoms with Crippen LogP contribution in [0.15, 0.2) is 60.9 Å². The largest absolute Gasteiger partial charge is 0.489 e. The van der Waals surface area contributed by atoms with E-state index in [2.05, 4.69) is 52.3 Å². The summed E-state index contributed by atoms with van der Waals surface area (Å²) >= 11 is 0. The molecule has 5 rings (SSSR count). The average Bonchev–Trinajstić information content (AvgIpc) is 3.20. The lowest BCUT2D eigenvalue weighted by Gasteiger charge is -2.27. The minimum atomic E-state index is 0.578. The third-order valence-electron chi connectivity index (χ3n) is 5.92. The summed E-state index contributed by atoms with van der Waals surface area (Å²) in [6.07, 6.45) is 7.19. The van der Waals surface area contributed by atoms with Crippen LogP contribution < -0.4 is 4.74 Å². The highest BCUT2D eigenvalue weighted by Gasteiger charge is 2.19. The summed E-state index contributed by atoms with van der Waals surface area (Å²) in [5.74, 6) is 1.88. The van der Waals surface area contributed by atoms with Gasteiger partial charge in [0.25, 0.3) is 0 Å². The van der Waals surface area contributed by atoms with Crippen molar-refractivity contribution in [2.75, 3.05) is 6.54 Å². The Balaban J connectivity index is 1.29. The zero-order valence-corrected chi connectivity index (χ0v) is 18.0. The van der Waals surface area contributed by atoms with Gasteiger partial charge in [0.05, 0.1) is 0 Å². The van der Waals surface area contributed by atoms with E-state index in [0.29, 0.717) is 6.61 Å². The zero-order chi connectivity index (χ0) is 21.0. The number of nitrogens with zero attached hydrogens (tertiary/aromatic N) is 3. The van der Waals surface area contributed by atoms with Crippen molar-refractivity contribution in [3.63, 3.8) is 0 Å². The molecule has 5 heteroatoms. The highest BCUT2D eigenvalue weighted by Crippen LogP contribution is 2.27. The normalized spacial score (nSPS) is 14.0. The SMILES string of the molecule is CCCc1ncc2c(n1)CCN(Cc1c[nH]c3ccc(OCc4ccccc4)cc13)C2. The summed E-state index contributed by atoms with van der Waals surface area (Å²) in [5, 5.41) is 1.23. The van der Waals surface area contributed by atoms with Crippen LogP contribution in [0.4, 0.5) is 0 Å². The van der Waals surface area contributed by atoms with Crippen LogP contribution in [0.5, 0.6) is 5.75 Å². The van der Waals surface area contributed by atoms with Crippen LogP contribution in [-0.2, 0) is 32.5 Å². The molecule has 0 unspecified atom stereocenters. The van der Waals surface area contributed by atoms with E-state index in [0.717, 1.165) is 56.0 Å². The number of hydrogen-bond acceptors (Lipinski definition) is 4. The Morgan fingerprint density at radius 1 is 1.13 bits per heavy atom. The number of rotatable bonds is 7. The molecule has 5 nitrogen and oxygen atoms in total. The van der Waals surface area contributed by atoms with Crippen molar-refractivity contribution in [3.05, 3.63) is 89.1 Å². The van der Waals surface area contributed by atoms with Crippen molar-refractivity contribution in [1.82, 2.24) is 19.9 Å². The Hall–Kier alpha value is -3.18. The minimum absolute atomic E-state index is 0.578. The van der Waals surface area contributed by atoms with Gasteiger partial charge >= 0.3 is 0 Å². The molecule has 0 amide bonds. The second-order valence-corrected chi connectivity index (χ2v) is 8.26. The van der Waals surface area contributed by atoms with Crippen LogP contribution in [0.1, 0.15) is 41.6 Å². The molecule has 0 spiro atoms. The molecule has 2 aromatic heterocycles. The van der Waals surface area contributed by atoms with Gasteiger partial charge in [-0.15, -0.1) is 0 Å². The van der Waals surface area contributed by atoms with Crippen molar-refractivity contribution in [3.8, 4) is 5.75 Å². The van der Waals surface area contributed by atoms with Gasteiger partial charge in [-0.2, -0.15) is 0 Å². The van der Waals surface area contributed by atoms with E-state index in [1.807, 2.05) is 30.5 Å². The minimum Gasteiger partial charge on any atom is -0.489 e. The Bertz CT molecular complexity index is 1170. The smallest absolute Gasteiger partial charge is 0.128 e. The van der Waals surface area contributed by atoms with E-state index in [-0.39, 0.29) is 0 Å². The van der Waals surface area contributed by atoms with Gasteiger partial charge in [-0.3, -0.25) is 4.90 Å². The van der Waals surface area contributed by atoms with Crippen molar-refractivity contribution in [2.45, 2.75) is 45.9 Å². The Morgan fingerprint density at radius 3 is 2.90 bits per heavy atom. The number of fused-ring (bicyclic) bond motifs is 2. The highest BCUT2D eigenvalue weighted by atomic mass is 16.5. The third-order valence-corrected chi connectivity index (χ3v) is 5.92. The maximum absolute atomic E-state index is 6.05. The van der Waals surface area contributed by atoms with E-state index in [4.69, 9.17) is 9.72 Å². The predicted molar refractivity (Wildman–Crippen MR) is 123 cm³/mol. The fourth-order valence-electron chi connectivity index (χ4n) is 4.25. The third kappa shape index (κ3) is 4.47. The summed E-state index contributed by atoms with van der Waals surface area (Å²) in [6, 6.07) is 16.6. The number of aryl methyl sites for hydroxylation is 1. The van der Waals surface area contributed by atoms with Gasteiger partial charge in [-0.25, -0.2) is 9.97 Å². The van der Waals surface area contributed by atoms with Crippen LogP contribution in [0, 0.1) is 0 Å². The molecule has 3 heterocycles. The molecule has 4 aromatic rings. The first-order chi connectivity index (χ1) is 15.3. The second-order valence-electron chi connectivity index (χ2n) is 8.26. The summed E-state index contributed by atoms with van der Waals surface area (Å²) in [4.78, 5) is 15.2. The molecular formula is C26H28N4O. The van der Waals surface area contributed by atoms with E-state index in [1.165, 1.54) is 27.8 Å². The lowest BCUT2D eigenvalue weighted by molar-refractivity contribution is 0.243. The van der Waals surface area contributed by atoms with E-state index < -0.39 is 0 Å². The fraction of sp³-hybridized carbons (Fsp3) is 0.308. The molecule has 0 fully saturated rings. The van der Waals surface area contributed by atoms with E-state index in [1.54, 1.807) is 0 Å². The monoisotopic (exact) mass is 412 g/mol. The number of aromatic amines is 1. The molecule has 1 aliphatic heterocycles. The number of benzene rings is 2. The van der Waals surface area contributed by atoms with Gasteiger partial charge in [-0.05, 0) is 35.7 Å². The zero-order valence-electron chi connectivity index (χ0n) is 18.0. The summed E-state index contributed by atoms with van der Waals surface area (Å²) in [6.45, 7) is 5.57. The molecule has 1 N–H and O–H groups in total. The fourth-order valence-corrected chi connectivity index (χ4v) is 4.25. The maximum atomic E-state index is 6.05. The molecule has 0 aliphatic carbocycles. The van der Waals surface area contributed by atoms with Gasteiger partial charge < -0.3 is 9.72 Å². The number of hydrogen-bond donors (Lipinski definition) is 1. The molecule has 158 valence electrons. The predicted octanol–water partition coefficient (Wildman–Crippen LogP) is 5.05. The molecule has 0 saturated carbocycles. The van der Waals surface area contributed by atoms with Crippen LogP contribution in [0.2, 0.25) is 0 Å². The Labute approximate surface area is 183 Å². The van der Waals surface area contributed by atoms with Crippen molar-refractivity contribution in [2.24, 2.45) is 0 Å². The molecule has 31 heavy (non-hydrogen) atoms. The van der Waals surface area contributed by atoms with Crippen molar-refractivity contribution >= 4 is 10.9 Å².